The number of hydrogen-bond donors (Lipinski definition) is 2. The summed E-state index contributed by atoms with van der Waals surface area (Å²) < 4.78 is 5.46. The van der Waals surface area contributed by atoms with Gasteiger partial charge in [-0.2, -0.15) is 0 Å². The van der Waals surface area contributed by atoms with Gasteiger partial charge in [0.25, 0.3) is 5.91 Å². The van der Waals surface area contributed by atoms with Crippen molar-refractivity contribution in [1.82, 2.24) is 5.32 Å². The Morgan fingerprint density at radius 1 is 1.28 bits per heavy atom. The van der Waals surface area contributed by atoms with Gasteiger partial charge in [-0.1, -0.05) is 23.2 Å². The van der Waals surface area contributed by atoms with E-state index in [1.165, 1.54) is 12.1 Å². The van der Waals surface area contributed by atoms with E-state index in [1.54, 1.807) is 6.92 Å². The SMILES string of the molecule is CC(C)NC(=O)C(C)Oc1cc(Cl)c(Cl)cc1N. The van der Waals surface area contributed by atoms with Crippen LogP contribution in [0.3, 0.4) is 0 Å². The largest absolute Gasteiger partial charge is 0.479 e. The van der Waals surface area contributed by atoms with E-state index >= 15 is 0 Å². The van der Waals surface area contributed by atoms with Gasteiger partial charge < -0.3 is 15.8 Å². The molecule has 0 aliphatic heterocycles. The van der Waals surface area contributed by atoms with Crippen LogP contribution in [0.25, 0.3) is 0 Å². The van der Waals surface area contributed by atoms with Crippen molar-refractivity contribution in [2.75, 3.05) is 5.73 Å². The Bertz CT molecular complexity index is 450. The molecule has 0 bridgehead atoms. The molecule has 4 nitrogen and oxygen atoms in total. The third kappa shape index (κ3) is 3.96. The molecule has 1 amide bonds. The van der Waals surface area contributed by atoms with Crippen LogP contribution >= 0.6 is 23.2 Å². The number of ether oxygens (including phenoxy) is 1. The van der Waals surface area contributed by atoms with Gasteiger partial charge in [0, 0.05) is 12.1 Å². The van der Waals surface area contributed by atoms with Gasteiger partial charge in [0.2, 0.25) is 0 Å². The molecule has 18 heavy (non-hydrogen) atoms. The van der Waals surface area contributed by atoms with Crippen LogP contribution in [0.5, 0.6) is 5.75 Å². The Morgan fingerprint density at radius 2 is 1.83 bits per heavy atom. The first-order valence-corrected chi connectivity index (χ1v) is 6.28. The number of nitrogens with one attached hydrogen (secondary N) is 1. The van der Waals surface area contributed by atoms with Crippen molar-refractivity contribution in [1.29, 1.82) is 0 Å². The summed E-state index contributed by atoms with van der Waals surface area (Å²) in [6, 6.07) is 3.04. The van der Waals surface area contributed by atoms with Crippen molar-refractivity contribution in [2.24, 2.45) is 0 Å². The minimum atomic E-state index is -0.660. The molecule has 0 fully saturated rings. The van der Waals surface area contributed by atoms with Crippen LogP contribution in [0.1, 0.15) is 20.8 Å². The number of hydrogen-bond acceptors (Lipinski definition) is 3. The van der Waals surface area contributed by atoms with Gasteiger partial charge in [0.15, 0.2) is 6.10 Å². The molecular weight excluding hydrogens is 275 g/mol. The predicted molar refractivity (Wildman–Crippen MR) is 74.2 cm³/mol. The fourth-order valence-electron chi connectivity index (χ4n) is 1.29. The lowest BCUT2D eigenvalue weighted by Crippen LogP contribution is -2.40. The molecule has 1 atom stereocenters. The molecule has 0 saturated heterocycles. The van der Waals surface area contributed by atoms with Crippen LogP contribution < -0.4 is 15.8 Å². The highest BCUT2D eigenvalue weighted by molar-refractivity contribution is 6.42. The Hall–Kier alpha value is -1.13. The number of nitrogen functional groups attached to an aromatic ring is 1. The van der Waals surface area contributed by atoms with Crippen LogP contribution in [-0.2, 0) is 4.79 Å². The van der Waals surface area contributed by atoms with E-state index in [9.17, 15) is 4.79 Å². The van der Waals surface area contributed by atoms with Crippen LogP contribution in [0, 0.1) is 0 Å². The topological polar surface area (TPSA) is 64.3 Å². The van der Waals surface area contributed by atoms with Crippen LogP contribution in [0.15, 0.2) is 12.1 Å². The molecule has 100 valence electrons. The summed E-state index contributed by atoms with van der Waals surface area (Å²) in [5.41, 5.74) is 6.08. The predicted octanol–water partition coefficient (Wildman–Crippen LogP) is 2.87. The van der Waals surface area contributed by atoms with Gasteiger partial charge in [-0.3, -0.25) is 4.79 Å². The summed E-state index contributed by atoms with van der Waals surface area (Å²) in [7, 11) is 0. The Kier molecular flexibility index (Phi) is 5.11. The third-order valence-electron chi connectivity index (χ3n) is 2.16. The van der Waals surface area contributed by atoms with Gasteiger partial charge in [-0.25, -0.2) is 0 Å². The molecule has 1 aromatic rings. The molecule has 1 rings (SSSR count). The first-order chi connectivity index (χ1) is 8.31. The van der Waals surface area contributed by atoms with Crippen LogP contribution in [-0.4, -0.2) is 18.1 Å². The fraction of sp³-hybridized carbons (Fsp3) is 0.417. The Labute approximate surface area is 116 Å². The minimum absolute atomic E-state index is 0.0507. The van der Waals surface area contributed by atoms with E-state index in [0.29, 0.717) is 21.5 Å². The number of rotatable bonds is 4. The molecule has 1 aromatic carbocycles. The van der Waals surface area contributed by atoms with Gasteiger partial charge in [-0.15, -0.1) is 0 Å². The van der Waals surface area contributed by atoms with Crippen LogP contribution in [0.4, 0.5) is 5.69 Å². The van der Waals surface area contributed by atoms with Gasteiger partial charge in [0.05, 0.1) is 15.7 Å². The molecule has 3 N–H and O–H groups in total. The highest BCUT2D eigenvalue weighted by Crippen LogP contribution is 2.32. The molecule has 0 aliphatic rings. The maximum absolute atomic E-state index is 11.7. The number of carbonyl (C=O) groups is 1. The second-order valence-corrected chi connectivity index (χ2v) is 5.04. The summed E-state index contributed by atoms with van der Waals surface area (Å²) in [5.74, 6) is 0.131. The maximum Gasteiger partial charge on any atom is 0.260 e. The van der Waals surface area contributed by atoms with Crippen LogP contribution in [0.2, 0.25) is 10.0 Å². The van der Waals surface area contributed by atoms with Gasteiger partial charge in [0.1, 0.15) is 5.75 Å². The lowest BCUT2D eigenvalue weighted by Gasteiger charge is -2.17. The standard InChI is InChI=1S/C12H16Cl2N2O2/c1-6(2)16-12(17)7(3)18-11-5-9(14)8(13)4-10(11)15/h4-7H,15H2,1-3H3,(H,16,17). The number of halogens is 2. The average molecular weight is 291 g/mol. The lowest BCUT2D eigenvalue weighted by molar-refractivity contribution is -0.127. The summed E-state index contributed by atoms with van der Waals surface area (Å²) in [4.78, 5) is 11.7. The highest BCUT2D eigenvalue weighted by Gasteiger charge is 2.17. The summed E-state index contributed by atoms with van der Waals surface area (Å²) in [5, 5.41) is 3.42. The summed E-state index contributed by atoms with van der Waals surface area (Å²) in [6.07, 6.45) is -0.660. The van der Waals surface area contributed by atoms with Crippen molar-refractivity contribution in [3.05, 3.63) is 22.2 Å². The molecule has 0 spiro atoms. The number of benzene rings is 1. The number of carbonyl (C=O) groups excluding carboxylic acids is 1. The third-order valence-corrected chi connectivity index (χ3v) is 2.88. The van der Waals surface area contributed by atoms with E-state index in [4.69, 9.17) is 33.7 Å². The van der Waals surface area contributed by atoms with E-state index in [2.05, 4.69) is 5.32 Å². The molecule has 6 heteroatoms. The molecule has 0 aliphatic carbocycles. The maximum atomic E-state index is 11.7. The quantitative estimate of drug-likeness (QED) is 0.838. The summed E-state index contributed by atoms with van der Waals surface area (Å²) >= 11 is 11.7. The van der Waals surface area contributed by atoms with Gasteiger partial charge in [-0.05, 0) is 26.8 Å². The first-order valence-electron chi connectivity index (χ1n) is 5.52. The van der Waals surface area contributed by atoms with E-state index in [0.717, 1.165) is 0 Å². The normalized spacial score (nSPS) is 12.3. The number of anilines is 1. The zero-order valence-corrected chi connectivity index (χ0v) is 12.0. The summed E-state index contributed by atoms with van der Waals surface area (Å²) in [6.45, 7) is 5.38. The van der Waals surface area contributed by atoms with Crippen molar-refractivity contribution < 1.29 is 9.53 Å². The monoisotopic (exact) mass is 290 g/mol. The Balaban J connectivity index is 2.79. The zero-order valence-electron chi connectivity index (χ0n) is 10.5. The molecular formula is C12H16Cl2N2O2. The molecule has 1 unspecified atom stereocenters. The minimum Gasteiger partial charge on any atom is -0.479 e. The zero-order chi connectivity index (χ0) is 13.9. The molecule has 0 aromatic heterocycles. The fourth-order valence-corrected chi connectivity index (χ4v) is 1.62. The van der Waals surface area contributed by atoms with Crippen molar-refractivity contribution in [2.45, 2.75) is 32.9 Å². The van der Waals surface area contributed by atoms with E-state index in [-0.39, 0.29) is 11.9 Å². The molecule has 0 radical (unpaired) electrons. The average Bonchev–Trinajstić information content (AvgIpc) is 2.24. The van der Waals surface area contributed by atoms with Crippen molar-refractivity contribution in [3.8, 4) is 5.75 Å². The van der Waals surface area contributed by atoms with E-state index < -0.39 is 6.10 Å². The smallest absolute Gasteiger partial charge is 0.260 e. The second-order valence-electron chi connectivity index (χ2n) is 4.23. The van der Waals surface area contributed by atoms with Crippen molar-refractivity contribution >= 4 is 34.8 Å². The number of amides is 1. The second kappa shape index (κ2) is 6.16. The first kappa shape index (κ1) is 14.9. The molecule has 0 saturated carbocycles. The number of nitrogens with two attached hydrogens (primary N) is 1. The molecule has 0 heterocycles. The highest BCUT2D eigenvalue weighted by atomic mass is 35.5. The Morgan fingerprint density at radius 3 is 2.39 bits per heavy atom. The van der Waals surface area contributed by atoms with Gasteiger partial charge >= 0.3 is 0 Å². The van der Waals surface area contributed by atoms with Crippen molar-refractivity contribution in [3.63, 3.8) is 0 Å². The van der Waals surface area contributed by atoms with E-state index in [1.807, 2.05) is 13.8 Å². The lowest BCUT2D eigenvalue weighted by atomic mass is 10.2.